The second-order valence-corrected chi connectivity index (χ2v) is 5.69. The lowest BCUT2D eigenvalue weighted by Crippen LogP contribution is -2.26. The normalized spacial score (nSPS) is 11.0. The molecule has 25 heavy (non-hydrogen) atoms. The summed E-state index contributed by atoms with van der Waals surface area (Å²) in [4.78, 5) is 0. The molecule has 2 aromatic rings. The molecule has 0 saturated carbocycles. The third-order valence-electron chi connectivity index (χ3n) is 2.81. The van der Waals surface area contributed by atoms with Gasteiger partial charge in [-0.1, -0.05) is 36.4 Å². The molecule has 4 N–H and O–H groups in total. The van der Waals surface area contributed by atoms with E-state index in [-0.39, 0.29) is 0 Å². The van der Waals surface area contributed by atoms with Gasteiger partial charge in [-0.15, -0.1) is 0 Å². The van der Waals surface area contributed by atoms with Crippen molar-refractivity contribution in [3.05, 3.63) is 60.7 Å². The summed E-state index contributed by atoms with van der Waals surface area (Å²) in [7, 11) is 0. The predicted octanol–water partition coefficient (Wildman–Crippen LogP) is 3.32. The summed E-state index contributed by atoms with van der Waals surface area (Å²) in [5, 5.41) is 15.0. The Balaban J connectivity index is 1.73. The van der Waals surface area contributed by atoms with Crippen LogP contribution in [-0.2, 0) is 0 Å². The van der Waals surface area contributed by atoms with Crippen LogP contribution in [0.2, 0.25) is 0 Å². The molecule has 0 aliphatic rings. The van der Waals surface area contributed by atoms with Gasteiger partial charge in [-0.25, -0.2) is 0 Å². The molecule has 0 aliphatic heterocycles. The van der Waals surface area contributed by atoms with Gasteiger partial charge in [0.1, 0.15) is 0 Å². The predicted molar refractivity (Wildman–Crippen MR) is 113 cm³/mol. The van der Waals surface area contributed by atoms with Crippen molar-refractivity contribution in [2.24, 2.45) is 10.2 Å². The van der Waals surface area contributed by atoms with Crippen molar-refractivity contribution in [3.63, 3.8) is 0 Å². The molecule has 128 valence electrons. The molecule has 0 amide bonds. The van der Waals surface area contributed by atoms with E-state index in [1.807, 2.05) is 60.7 Å². The molecule has 0 aliphatic carbocycles. The van der Waals surface area contributed by atoms with Crippen molar-refractivity contribution in [2.75, 3.05) is 10.6 Å². The molecule has 0 spiro atoms. The Hall–Kier alpha value is -2.84. The number of nitrogens with zero attached hydrogens (tertiary/aromatic N) is 2. The van der Waals surface area contributed by atoms with E-state index < -0.39 is 0 Å². The third kappa shape index (κ3) is 7.51. The van der Waals surface area contributed by atoms with Crippen LogP contribution in [0.4, 0.5) is 11.4 Å². The minimum atomic E-state index is 0.393. The molecule has 0 heterocycles. The highest BCUT2D eigenvalue weighted by Gasteiger charge is 1.96. The van der Waals surface area contributed by atoms with Crippen LogP contribution in [-0.4, -0.2) is 22.2 Å². The van der Waals surface area contributed by atoms with Crippen LogP contribution in [0.25, 0.3) is 0 Å². The van der Waals surface area contributed by atoms with Crippen LogP contribution in [0.3, 0.4) is 0 Å². The molecule has 2 rings (SSSR count). The van der Waals surface area contributed by atoms with E-state index in [9.17, 15) is 0 Å². The minimum absolute atomic E-state index is 0.393. The van der Waals surface area contributed by atoms with E-state index in [0.717, 1.165) is 11.4 Å². The third-order valence-corrected chi connectivity index (χ3v) is 3.20. The van der Waals surface area contributed by atoms with Crippen molar-refractivity contribution in [2.45, 2.75) is 6.92 Å². The molecular weight excluding hydrogens is 352 g/mol. The second kappa shape index (κ2) is 10.1. The first-order valence-electron chi connectivity index (χ1n) is 7.45. The van der Waals surface area contributed by atoms with E-state index in [4.69, 9.17) is 24.4 Å². The van der Waals surface area contributed by atoms with Crippen molar-refractivity contribution < 1.29 is 0 Å². The van der Waals surface area contributed by atoms with Crippen LogP contribution < -0.4 is 21.5 Å². The molecule has 6 nitrogen and oxygen atoms in total. The van der Waals surface area contributed by atoms with Crippen LogP contribution in [0.15, 0.2) is 70.9 Å². The number of rotatable bonds is 5. The fourth-order valence-electron chi connectivity index (χ4n) is 1.71. The molecule has 0 atom stereocenters. The van der Waals surface area contributed by atoms with Crippen molar-refractivity contribution in [1.82, 2.24) is 10.9 Å². The maximum Gasteiger partial charge on any atom is 0.191 e. The Bertz CT molecular complexity index is 759. The Morgan fingerprint density at radius 1 is 0.800 bits per heavy atom. The van der Waals surface area contributed by atoms with E-state index in [2.05, 4.69) is 31.7 Å². The van der Waals surface area contributed by atoms with Gasteiger partial charge in [-0.3, -0.25) is 10.9 Å². The van der Waals surface area contributed by atoms with Crippen molar-refractivity contribution in [1.29, 1.82) is 0 Å². The number of hydrazone groups is 2. The Labute approximate surface area is 157 Å². The lowest BCUT2D eigenvalue weighted by Gasteiger charge is -2.07. The summed E-state index contributed by atoms with van der Waals surface area (Å²) in [5.74, 6) is 0. The van der Waals surface area contributed by atoms with E-state index in [1.165, 1.54) is 6.21 Å². The molecule has 8 heteroatoms. The number of nitrogens with one attached hydrogen (secondary N) is 4. The van der Waals surface area contributed by atoms with E-state index in [0.29, 0.717) is 15.9 Å². The van der Waals surface area contributed by atoms with E-state index in [1.54, 1.807) is 6.92 Å². The quantitative estimate of drug-likeness (QED) is 0.368. The van der Waals surface area contributed by atoms with Gasteiger partial charge in [0, 0.05) is 11.4 Å². The summed E-state index contributed by atoms with van der Waals surface area (Å²) < 4.78 is 0. The maximum atomic E-state index is 5.16. The SMILES string of the molecule is CC(/C=N/NC(=S)Nc1ccccc1)=N\NC(=S)Nc1ccccc1. The van der Waals surface area contributed by atoms with Crippen LogP contribution in [0.5, 0.6) is 0 Å². The summed E-state index contributed by atoms with van der Waals surface area (Å²) in [5.41, 5.74) is 7.88. The first kappa shape index (κ1) is 18.5. The minimum Gasteiger partial charge on any atom is -0.331 e. The summed E-state index contributed by atoms with van der Waals surface area (Å²) >= 11 is 10.3. The van der Waals surface area contributed by atoms with Gasteiger partial charge < -0.3 is 10.6 Å². The molecule has 0 saturated heterocycles. The monoisotopic (exact) mass is 370 g/mol. The molecule has 0 bridgehead atoms. The fourth-order valence-corrected chi connectivity index (χ4v) is 2.05. The van der Waals surface area contributed by atoms with Gasteiger partial charge in [0.05, 0.1) is 11.9 Å². The standard InChI is InChI=1S/C17H18N6S2/c1-13(21-23-17(25)20-15-10-6-3-7-11-15)12-18-22-16(24)19-14-8-4-2-5-9-14/h2-12H,1H3,(H2,19,22,24)(H2,20,23,25)/b18-12+,21-13+. The molecule has 0 radical (unpaired) electrons. The summed E-state index contributed by atoms with van der Waals surface area (Å²) in [6.07, 6.45) is 1.54. The highest BCUT2D eigenvalue weighted by atomic mass is 32.1. The largest absolute Gasteiger partial charge is 0.331 e. The number of hydrogen-bond donors (Lipinski definition) is 4. The number of para-hydroxylation sites is 2. The van der Waals surface area contributed by atoms with Gasteiger partial charge in [0.2, 0.25) is 0 Å². The molecule has 0 unspecified atom stereocenters. The zero-order chi connectivity index (χ0) is 17.9. The smallest absolute Gasteiger partial charge is 0.191 e. The average molecular weight is 371 g/mol. The summed E-state index contributed by atoms with van der Waals surface area (Å²) in [6, 6.07) is 19.2. The Morgan fingerprint density at radius 3 is 1.80 bits per heavy atom. The first-order valence-corrected chi connectivity index (χ1v) is 8.26. The molecule has 0 aromatic heterocycles. The number of benzene rings is 2. The first-order chi connectivity index (χ1) is 12.1. The Morgan fingerprint density at radius 2 is 1.28 bits per heavy atom. The zero-order valence-electron chi connectivity index (χ0n) is 13.6. The van der Waals surface area contributed by atoms with Gasteiger partial charge >= 0.3 is 0 Å². The van der Waals surface area contributed by atoms with Gasteiger partial charge in [-0.2, -0.15) is 10.2 Å². The van der Waals surface area contributed by atoms with Crippen molar-refractivity contribution in [3.8, 4) is 0 Å². The van der Waals surface area contributed by atoms with E-state index >= 15 is 0 Å². The fraction of sp³-hybridized carbons (Fsp3) is 0.0588. The zero-order valence-corrected chi connectivity index (χ0v) is 15.2. The topological polar surface area (TPSA) is 72.8 Å². The number of anilines is 2. The highest BCUT2D eigenvalue weighted by Crippen LogP contribution is 2.04. The van der Waals surface area contributed by atoms with Gasteiger partial charge in [0.25, 0.3) is 0 Å². The van der Waals surface area contributed by atoms with Crippen molar-refractivity contribution >= 4 is 58.0 Å². The molecule has 2 aromatic carbocycles. The van der Waals surface area contributed by atoms with Gasteiger partial charge in [0.15, 0.2) is 10.2 Å². The highest BCUT2D eigenvalue weighted by molar-refractivity contribution is 7.80. The van der Waals surface area contributed by atoms with Crippen LogP contribution in [0, 0.1) is 0 Å². The average Bonchev–Trinajstić information content (AvgIpc) is 2.62. The van der Waals surface area contributed by atoms with Crippen LogP contribution >= 0.6 is 24.4 Å². The number of thiocarbonyl (C=S) groups is 2. The summed E-state index contributed by atoms with van der Waals surface area (Å²) in [6.45, 7) is 1.79. The molecular formula is C17H18N6S2. The maximum absolute atomic E-state index is 5.16. The molecule has 0 fully saturated rings. The Kier molecular flexibility index (Phi) is 7.48. The second-order valence-electron chi connectivity index (χ2n) is 4.88. The lowest BCUT2D eigenvalue weighted by molar-refractivity contribution is 1.03. The lowest BCUT2D eigenvalue weighted by atomic mass is 10.3. The van der Waals surface area contributed by atoms with Gasteiger partial charge in [-0.05, 0) is 55.6 Å². The van der Waals surface area contributed by atoms with Crippen LogP contribution in [0.1, 0.15) is 6.92 Å². The number of hydrogen-bond acceptors (Lipinski definition) is 4.